The first-order valence-electron chi connectivity index (χ1n) is 14.7. The molecule has 0 unspecified atom stereocenters. The van der Waals surface area contributed by atoms with E-state index in [0.717, 1.165) is 27.8 Å². The average molecular weight is 614 g/mol. The fraction of sp³-hybridized carbons (Fsp3) is 0.278. The number of nitrogens with zero attached hydrogens (tertiary/aromatic N) is 1. The van der Waals surface area contributed by atoms with Crippen LogP contribution in [0.25, 0.3) is 22.3 Å². The van der Waals surface area contributed by atoms with Gasteiger partial charge in [-0.2, -0.15) is 0 Å². The van der Waals surface area contributed by atoms with Gasteiger partial charge >= 0.3 is 5.97 Å². The summed E-state index contributed by atoms with van der Waals surface area (Å²) in [6, 6.07) is 27.0. The van der Waals surface area contributed by atoms with Crippen LogP contribution in [-0.4, -0.2) is 62.8 Å². The van der Waals surface area contributed by atoms with E-state index < -0.39 is 0 Å². The highest BCUT2D eigenvalue weighted by Gasteiger charge is 2.29. The Morgan fingerprint density at radius 2 is 1.31 bits per heavy atom. The van der Waals surface area contributed by atoms with E-state index in [9.17, 15) is 14.7 Å². The van der Waals surface area contributed by atoms with Crippen LogP contribution in [0.2, 0.25) is 0 Å². The van der Waals surface area contributed by atoms with Crippen LogP contribution in [0.4, 0.5) is 0 Å². The molecule has 1 aliphatic heterocycles. The fourth-order valence-electron chi connectivity index (χ4n) is 5.17. The zero-order chi connectivity index (χ0) is 32.2. The van der Waals surface area contributed by atoms with E-state index in [2.05, 4.69) is 0 Å². The monoisotopic (exact) mass is 613 g/mol. The largest absolute Gasteiger partial charge is 0.467 e. The molecule has 0 aromatic heterocycles. The molecule has 1 N–H and O–H groups in total. The quantitative estimate of drug-likeness (QED) is 0.146. The van der Waals surface area contributed by atoms with Crippen LogP contribution < -0.4 is 9.47 Å². The predicted molar refractivity (Wildman–Crippen MR) is 171 cm³/mol. The van der Waals surface area contributed by atoms with Crippen LogP contribution >= 0.6 is 0 Å². The lowest BCUT2D eigenvalue weighted by Gasteiger charge is -2.23. The van der Waals surface area contributed by atoms with Gasteiger partial charge in [-0.3, -0.25) is 4.79 Å². The van der Waals surface area contributed by atoms with Gasteiger partial charge in [-0.1, -0.05) is 72.8 Å². The Labute approximate surface area is 263 Å². The number of carbonyl (C=O) groups is 2. The van der Waals surface area contributed by atoms with Crippen LogP contribution in [0.1, 0.15) is 45.7 Å². The van der Waals surface area contributed by atoms with Crippen molar-refractivity contribution >= 4 is 11.9 Å². The van der Waals surface area contributed by atoms with Crippen LogP contribution in [0.15, 0.2) is 84.9 Å². The summed E-state index contributed by atoms with van der Waals surface area (Å²) >= 11 is 0. The van der Waals surface area contributed by atoms with E-state index in [4.69, 9.17) is 23.7 Å². The van der Waals surface area contributed by atoms with Crippen LogP contribution in [0, 0.1) is 0 Å². The second kappa shape index (κ2) is 16.4. The number of amides is 1. The molecule has 4 aromatic carbocycles. The molecule has 1 aliphatic rings. The van der Waals surface area contributed by atoms with Crippen molar-refractivity contribution in [2.75, 3.05) is 40.9 Å². The van der Waals surface area contributed by atoms with E-state index in [1.165, 1.54) is 14.2 Å². The molecule has 0 saturated carbocycles. The van der Waals surface area contributed by atoms with Crippen molar-refractivity contribution in [3.63, 3.8) is 0 Å². The van der Waals surface area contributed by atoms with E-state index in [-0.39, 0.29) is 38.7 Å². The lowest BCUT2D eigenvalue weighted by Crippen LogP contribution is -2.32. The summed E-state index contributed by atoms with van der Waals surface area (Å²) in [7, 11) is 3.06. The van der Waals surface area contributed by atoms with E-state index >= 15 is 0 Å². The maximum Gasteiger partial charge on any atom is 0.342 e. The molecule has 9 nitrogen and oxygen atoms in total. The molecule has 0 atom stereocenters. The first-order valence-corrected chi connectivity index (χ1v) is 14.7. The maximum atomic E-state index is 13.0. The Morgan fingerprint density at radius 3 is 1.87 bits per heavy atom. The molecule has 45 heavy (non-hydrogen) atoms. The Kier molecular flexibility index (Phi) is 12.1. The summed E-state index contributed by atoms with van der Waals surface area (Å²) < 4.78 is 26.0. The van der Waals surface area contributed by atoms with Gasteiger partial charge in [-0.25, -0.2) is 4.79 Å². The van der Waals surface area contributed by atoms with Gasteiger partial charge in [0.2, 0.25) is 0 Å². The molecule has 236 valence electrons. The number of cyclic esters (lactones) is 1. The third-order valence-electron chi connectivity index (χ3n) is 7.36. The van der Waals surface area contributed by atoms with Crippen molar-refractivity contribution in [1.29, 1.82) is 0 Å². The highest BCUT2D eigenvalue weighted by molar-refractivity contribution is 6.00. The Balaban J connectivity index is 0.000000209. The fourth-order valence-corrected chi connectivity index (χ4v) is 5.17. The molecular formula is C36H39NO8. The molecule has 1 heterocycles. The van der Waals surface area contributed by atoms with Crippen molar-refractivity contribution < 1.29 is 38.4 Å². The van der Waals surface area contributed by atoms with Gasteiger partial charge in [0.05, 0.1) is 12.2 Å². The standard InChI is InChI=1S/C20H25NO4.C16H14O4/c1-4-21(5-2)20(23)19-17(13-22)16(15-9-7-6-8-10-15)11-12-18(19)25-14-24-3;1-18-10-20-14-8-7-12(11-5-3-2-4-6-11)13-9-19-16(17)15(13)14/h6-12,22H,4-5,13-14H2,1-3H3;2-8H,9-10H2,1H3. The predicted octanol–water partition coefficient (Wildman–Crippen LogP) is 6.32. The molecule has 4 aromatic rings. The molecule has 0 spiro atoms. The van der Waals surface area contributed by atoms with Crippen molar-refractivity contribution in [2.24, 2.45) is 0 Å². The highest BCUT2D eigenvalue weighted by atomic mass is 16.7. The Hall–Kier alpha value is -4.70. The van der Waals surface area contributed by atoms with Gasteiger partial charge in [0, 0.05) is 38.4 Å². The molecule has 9 heteroatoms. The summed E-state index contributed by atoms with van der Waals surface area (Å²) in [4.78, 5) is 26.6. The van der Waals surface area contributed by atoms with Gasteiger partial charge in [-0.05, 0) is 48.2 Å². The number of benzene rings is 4. The second-order valence-corrected chi connectivity index (χ2v) is 9.98. The number of methoxy groups -OCH3 is 2. The highest BCUT2D eigenvalue weighted by Crippen LogP contribution is 2.37. The molecule has 5 rings (SSSR count). The van der Waals surface area contributed by atoms with Gasteiger partial charge in [0.1, 0.15) is 23.7 Å². The SMILES string of the molecule is CCN(CC)C(=O)c1c(OCOC)ccc(-c2ccccc2)c1CO.COCOc1ccc(-c2ccccc2)c2c1C(=O)OC2. The zero-order valence-corrected chi connectivity index (χ0v) is 26.1. The number of carbonyl (C=O) groups excluding carboxylic acids is 2. The topological polar surface area (TPSA) is 104 Å². The van der Waals surface area contributed by atoms with E-state index in [1.54, 1.807) is 17.0 Å². The minimum atomic E-state index is -0.344. The Morgan fingerprint density at radius 1 is 0.778 bits per heavy atom. The smallest absolute Gasteiger partial charge is 0.342 e. The van der Waals surface area contributed by atoms with Gasteiger partial charge in [0.25, 0.3) is 5.91 Å². The number of hydrogen-bond acceptors (Lipinski definition) is 8. The number of aliphatic hydroxyl groups excluding tert-OH is 1. The molecule has 0 fully saturated rings. The van der Waals surface area contributed by atoms with E-state index in [1.807, 2.05) is 86.6 Å². The van der Waals surface area contributed by atoms with E-state index in [0.29, 0.717) is 41.3 Å². The van der Waals surface area contributed by atoms with Gasteiger partial charge in [0.15, 0.2) is 13.6 Å². The first-order chi connectivity index (χ1) is 22.0. The molecule has 0 saturated heterocycles. The third kappa shape index (κ3) is 7.69. The van der Waals surface area contributed by atoms with Crippen molar-refractivity contribution in [1.82, 2.24) is 4.90 Å². The number of fused-ring (bicyclic) bond motifs is 1. The van der Waals surface area contributed by atoms with Gasteiger partial charge < -0.3 is 33.7 Å². The summed E-state index contributed by atoms with van der Waals surface area (Å²) in [6.07, 6.45) is 0. The van der Waals surface area contributed by atoms with Crippen molar-refractivity contribution in [3.05, 3.63) is 107 Å². The summed E-state index contributed by atoms with van der Waals surface area (Å²) in [5.74, 6) is 0.424. The first kappa shape index (κ1) is 33.2. The molecule has 1 amide bonds. The van der Waals surface area contributed by atoms with Crippen LogP contribution in [0.5, 0.6) is 11.5 Å². The number of aliphatic hydroxyl groups is 1. The normalized spacial score (nSPS) is 11.6. The molecule has 0 bridgehead atoms. The minimum Gasteiger partial charge on any atom is -0.467 e. The minimum absolute atomic E-state index is 0.0358. The third-order valence-corrected chi connectivity index (χ3v) is 7.36. The summed E-state index contributed by atoms with van der Waals surface area (Å²) in [5.41, 5.74) is 6.15. The summed E-state index contributed by atoms with van der Waals surface area (Å²) in [5, 5.41) is 10.0. The lowest BCUT2D eigenvalue weighted by molar-refractivity contribution is 0.0458. The number of esters is 1. The molecule has 0 aliphatic carbocycles. The van der Waals surface area contributed by atoms with Crippen molar-refractivity contribution in [3.8, 4) is 33.8 Å². The van der Waals surface area contributed by atoms with Gasteiger partial charge in [-0.15, -0.1) is 0 Å². The lowest BCUT2D eigenvalue weighted by atomic mass is 9.94. The maximum absolute atomic E-state index is 13.0. The number of ether oxygens (including phenoxy) is 5. The van der Waals surface area contributed by atoms with Crippen LogP contribution in [-0.2, 0) is 27.4 Å². The summed E-state index contributed by atoms with van der Waals surface area (Å²) in [6.45, 7) is 5.18. The second-order valence-electron chi connectivity index (χ2n) is 9.98. The average Bonchev–Trinajstić information content (AvgIpc) is 3.48. The zero-order valence-electron chi connectivity index (χ0n) is 26.1. The Bertz CT molecular complexity index is 1570. The number of hydrogen-bond donors (Lipinski definition) is 1. The van der Waals surface area contributed by atoms with Crippen molar-refractivity contribution in [2.45, 2.75) is 27.1 Å². The molecular weight excluding hydrogens is 574 g/mol. The van der Waals surface area contributed by atoms with Crippen LogP contribution in [0.3, 0.4) is 0 Å². The number of rotatable bonds is 12. The molecule has 0 radical (unpaired) electrons.